The largest absolute Gasteiger partial charge is 0.388 e. The monoisotopic (exact) mass is 469 g/mol. The number of nitrogens with one attached hydrogen (secondary N) is 2. The summed E-state index contributed by atoms with van der Waals surface area (Å²) in [5, 5.41) is 28.2. The van der Waals surface area contributed by atoms with E-state index in [-0.39, 0.29) is 11.9 Å². The molecule has 2 aromatic carbocycles. The summed E-state index contributed by atoms with van der Waals surface area (Å²) in [4.78, 5) is 17.2. The van der Waals surface area contributed by atoms with Crippen molar-refractivity contribution in [2.24, 2.45) is 7.05 Å². The zero-order valence-corrected chi connectivity index (χ0v) is 19.5. The van der Waals surface area contributed by atoms with E-state index in [1.807, 2.05) is 54.3 Å². The van der Waals surface area contributed by atoms with Crippen LogP contribution in [0, 0.1) is 0 Å². The Balaban J connectivity index is 1.23. The number of nitrogens with zero attached hydrogens (tertiary/aromatic N) is 5. The van der Waals surface area contributed by atoms with Crippen molar-refractivity contribution >= 4 is 27.7 Å². The number of hydrogen-bond acceptors (Lipinski definition) is 5. The van der Waals surface area contributed by atoms with Gasteiger partial charge in [0.25, 0.3) is 5.91 Å². The maximum Gasteiger partial charge on any atom is 0.251 e. The van der Waals surface area contributed by atoms with E-state index in [2.05, 4.69) is 31.7 Å². The lowest BCUT2D eigenvalue weighted by atomic mass is 9.81. The Morgan fingerprint density at radius 3 is 3.06 bits per heavy atom. The van der Waals surface area contributed by atoms with E-state index in [0.29, 0.717) is 24.9 Å². The fourth-order valence-electron chi connectivity index (χ4n) is 5.27. The Kier molecular flexibility index (Phi) is 5.14. The van der Waals surface area contributed by atoms with Crippen molar-refractivity contribution in [1.29, 1.82) is 0 Å². The Bertz CT molecular complexity index is 1520. The molecule has 6 rings (SSSR count). The van der Waals surface area contributed by atoms with Gasteiger partial charge in [-0.05, 0) is 56.0 Å². The maximum absolute atomic E-state index is 13.2. The number of carbonyl (C=O) groups is 1. The molecule has 178 valence electrons. The number of aryl methyl sites for hydroxylation is 1. The summed E-state index contributed by atoms with van der Waals surface area (Å²) in [5.41, 5.74) is 3.28. The number of hydrogen-bond donors (Lipinski definition) is 3. The van der Waals surface area contributed by atoms with Crippen LogP contribution >= 0.6 is 0 Å². The molecular formula is C26H27N7O2. The van der Waals surface area contributed by atoms with Crippen LogP contribution in [-0.2, 0) is 13.6 Å². The third-order valence-corrected chi connectivity index (χ3v) is 6.91. The van der Waals surface area contributed by atoms with Crippen molar-refractivity contribution in [3.8, 4) is 11.3 Å². The Labute approximate surface area is 201 Å². The summed E-state index contributed by atoms with van der Waals surface area (Å²) in [5.74, 6) is -0.140. The summed E-state index contributed by atoms with van der Waals surface area (Å²) in [6, 6.07) is 11.5. The van der Waals surface area contributed by atoms with E-state index in [0.717, 1.165) is 45.9 Å². The maximum atomic E-state index is 13.2. The second kappa shape index (κ2) is 8.35. The molecule has 0 aliphatic heterocycles. The molecule has 0 spiro atoms. The van der Waals surface area contributed by atoms with Crippen molar-refractivity contribution in [2.75, 3.05) is 0 Å². The number of aromatic amines is 1. The molecule has 3 N–H and O–H groups in total. The number of aromatic nitrogens is 6. The van der Waals surface area contributed by atoms with Gasteiger partial charge in [0.1, 0.15) is 0 Å². The van der Waals surface area contributed by atoms with Gasteiger partial charge in [-0.25, -0.2) is 4.98 Å². The van der Waals surface area contributed by atoms with Gasteiger partial charge < -0.3 is 15.0 Å². The van der Waals surface area contributed by atoms with Crippen molar-refractivity contribution in [3.63, 3.8) is 0 Å². The van der Waals surface area contributed by atoms with Crippen LogP contribution in [0.4, 0.5) is 0 Å². The van der Waals surface area contributed by atoms with Gasteiger partial charge in [-0.3, -0.25) is 14.6 Å². The van der Waals surface area contributed by atoms with Crippen LogP contribution in [0.1, 0.15) is 36.0 Å². The molecule has 0 unspecified atom stereocenters. The van der Waals surface area contributed by atoms with Crippen LogP contribution in [0.3, 0.4) is 0 Å². The molecule has 1 aliphatic carbocycles. The Hall–Kier alpha value is -3.98. The minimum absolute atomic E-state index is 0.0859. The number of amides is 1. The van der Waals surface area contributed by atoms with Crippen LogP contribution in [0.25, 0.3) is 33.1 Å². The van der Waals surface area contributed by atoms with E-state index in [4.69, 9.17) is 0 Å². The molecule has 9 heteroatoms. The van der Waals surface area contributed by atoms with E-state index >= 15 is 0 Å². The molecule has 2 atom stereocenters. The lowest BCUT2D eigenvalue weighted by Crippen LogP contribution is -2.47. The van der Waals surface area contributed by atoms with Gasteiger partial charge in [0.05, 0.1) is 35.2 Å². The highest BCUT2D eigenvalue weighted by Crippen LogP contribution is 2.31. The number of imidazole rings is 1. The first-order chi connectivity index (χ1) is 17.0. The second-order valence-corrected chi connectivity index (χ2v) is 9.64. The first-order valence-electron chi connectivity index (χ1n) is 11.9. The number of rotatable bonds is 5. The molecule has 0 bridgehead atoms. The summed E-state index contributed by atoms with van der Waals surface area (Å²) in [7, 11) is 1.90. The number of benzene rings is 2. The second-order valence-electron chi connectivity index (χ2n) is 9.64. The van der Waals surface area contributed by atoms with Crippen molar-refractivity contribution in [3.05, 3.63) is 66.9 Å². The smallest absolute Gasteiger partial charge is 0.251 e. The van der Waals surface area contributed by atoms with Crippen molar-refractivity contribution < 1.29 is 9.90 Å². The molecule has 5 aromatic rings. The summed E-state index contributed by atoms with van der Waals surface area (Å²) < 4.78 is 3.68. The number of aliphatic hydroxyl groups is 1. The summed E-state index contributed by atoms with van der Waals surface area (Å²) in [6.45, 7) is 0.477. The van der Waals surface area contributed by atoms with Gasteiger partial charge in [-0.15, -0.1) is 0 Å². The highest BCUT2D eigenvalue weighted by molar-refractivity contribution is 6.02. The summed E-state index contributed by atoms with van der Waals surface area (Å²) in [6.07, 6.45) is 10.2. The van der Waals surface area contributed by atoms with Crippen LogP contribution in [-0.4, -0.2) is 52.2 Å². The molecule has 3 aromatic heterocycles. The third-order valence-electron chi connectivity index (χ3n) is 6.91. The minimum atomic E-state index is -0.858. The van der Waals surface area contributed by atoms with E-state index in [1.54, 1.807) is 17.2 Å². The van der Waals surface area contributed by atoms with E-state index in [1.165, 1.54) is 0 Å². The first-order valence-corrected chi connectivity index (χ1v) is 11.9. The highest BCUT2D eigenvalue weighted by atomic mass is 16.3. The van der Waals surface area contributed by atoms with Gasteiger partial charge in [0, 0.05) is 53.6 Å². The predicted molar refractivity (Wildman–Crippen MR) is 133 cm³/mol. The minimum Gasteiger partial charge on any atom is -0.388 e. The summed E-state index contributed by atoms with van der Waals surface area (Å²) >= 11 is 0. The van der Waals surface area contributed by atoms with Gasteiger partial charge in [0.2, 0.25) is 0 Å². The highest BCUT2D eigenvalue weighted by Gasteiger charge is 2.35. The number of fused-ring (bicyclic) bond motifs is 2. The molecule has 1 fully saturated rings. The average molecular weight is 470 g/mol. The first kappa shape index (κ1) is 21.5. The topological polar surface area (TPSA) is 114 Å². The van der Waals surface area contributed by atoms with Gasteiger partial charge in [-0.1, -0.05) is 6.07 Å². The molecule has 1 saturated carbocycles. The van der Waals surface area contributed by atoms with Crippen molar-refractivity contribution in [1.82, 2.24) is 34.8 Å². The average Bonchev–Trinajstić information content (AvgIpc) is 3.57. The molecule has 35 heavy (non-hydrogen) atoms. The van der Waals surface area contributed by atoms with Crippen molar-refractivity contribution in [2.45, 2.75) is 43.9 Å². The zero-order valence-electron chi connectivity index (χ0n) is 19.5. The fraction of sp³-hybridized carbons (Fsp3) is 0.308. The Morgan fingerprint density at radius 2 is 2.20 bits per heavy atom. The Morgan fingerprint density at radius 1 is 1.29 bits per heavy atom. The van der Waals surface area contributed by atoms with E-state index < -0.39 is 5.60 Å². The zero-order chi connectivity index (χ0) is 24.0. The lowest BCUT2D eigenvalue weighted by molar-refractivity contribution is -0.0211. The van der Waals surface area contributed by atoms with Gasteiger partial charge >= 0.3 is 0 Å². The third kappa shape index (κ3) is 4.19. The van der Waals surface area contributed by atoms with E-state index in [9.17, 15) is 9.90 Å². The fourth-order valence-corrected chi connectivity index (χ4v) is 5.27. The molecule has 9 nitrogen and oxygen atoms in total. The lowest BCUT2D eigenvalue weighted by Gasteiger charge is -2.37. The number of carbonyl (C=O) groups excluding carboxylic acids is 1. The number of H-pyrrole nitrogens is 1. The quantitative estimate of drug-likeness (QED) is 0.365. The molecule has 3 heterocycles. The normalized spacial score (nSPS) is 20.5. The van der Waals surface area contributed by atoms with Crippen LogP contribution < -0.4 is 5.32 Å². The van der Waals surface area contributed by atoms with Crippen LogP contribution in [0.2, 0.25) is 0 Å². The predicted octanol–water partition coefficient (Wildman–Crippen LogP) is 3.42. The van der Waals surface area contributed by atoms with Crippen LogP contribution in [0.15, 0.2) is 61.3 Å². The van der Waals surface area contributed by atoms with Crippen LogP contribution in [0.5, 0.6) is 0 Å². The molecule has 0 radical (unpaired) electrons. The molecule has 0 saturated heterocycles. The molecular weight excluding hydrogens is 442 g/mol. The molecule has 1 aliphatic rings. The van der Waals surface area contributed by atoms with Gasteiger partial charge in [-0.2, -0.15) is 10.2 Å². The standard InChI is InChI=1S/C26H27N7O2/c1-32-14-19-11-17(4-6-22(19)31-32)24-21-12-18(5-7-23(21)29-30-24)25(34)28-20-3-2-8-26(35,13-20)15-33-10-9-27-16-33/h4-7,9-12,14,16,20,35H,2-3,8,13,15H2,1H3,(H,28,34)(H,29,30)/t20-,26-/m0/s1. The molecule has 1 amide bonds. The van der Waals surface area contributed by atoms with Gasteiger partial charge in [0.15, 0.2) is 0 Å². The SMILES string of the molecule is Cn1cc2cc(-c3n[nH]c4ccc(C(=O)N[C@H]5CCC[C@@](O)(Cn6ccnc6)C5)cc34)ccc2n1.